The molecule has 1 aliphatic carbocycles. The summed E-state index contributed by atoms with van der Waals surface area (Å²) in [5.74, 6) is 0.987. The van der Waals surface area contributed by atoms with Crippen molar-refractivity contribution in [1.82, 2.24) is 14.9 Å². The molecule has 1 aromatic heterocycles. The smallest absolute Gasteiger partial charge is 0.0948 e. The van der Waals surface area contributed by atoms with Gasteiger partial charge in [-0.05, 0) is 38.3 Å². The zero-order valence-electron chi connectivity index (χ0n) is 11.5. The standard InChI is InChI=1S/C15H25N3/c1-15(6-8-16-9-7-15)14-11-17-12-18(14)10-5-13-3-2-4-13/h11-13,16H,2-10H2,1H3. The fourth-order valence-electron chi connectivity index (χ4n) is 3.34. The molecule has 1 aliphatic heterocycles. The minimum Gasteiger partial charge on any atom is -0.334 e. The molecule has 0 unspecified atom stereocenters. The lowest BCUT2D eigenvalue weighted by molar-refractivity contribution is 0.271. The van der Waals surface area contributed by atoms with E-state index >= 15 is 0 Å². The summed E-state index contributed by atoms with van der Waals surface area (Å²) in [5.41, 5.74) is 1.80. The van der Waals surface area contributed by atoms with Gasteiger partial charge in [-0.15, -0.1) is 0 Å². The van der Waals surface area contributed by atoms with Crippen molar-refractivity contribution in [2.75, 3.05) is 13.1 Å². The molecule has 3 heteroatoms. The SMILES string of the molecule is CC1(c2cncn2CCC2CCC2)CCNCC1. The number of nitrogens with zero attached hydrogens (tertiary/aromatic N) is 2. The van der Waals surface area contributed by atoms with Gasteiger partial charge >= 0.3 is 0 Å². The highest BCUT2D eigenvalue weighted by atomic mass is 15.1. The number of hydrogen-bond acceptors (Lipinski definition) is 2. The van der Waals surface area contributed by atoms with E-state index < -0.39 is 0 Å². The van der Waals surface area contributed by atoms with Gasteiger partial charge in [0.15, 0.2) is 0 Å². The molecule has 2 fully saturated rings. The number of nitrogens with one attached hydrogen (secondary N) is 1. The van der Waals surface area contributed by atoms with Crippen LogP contribution in [0.5, 0.6) is 0 Å². The molecule has 100 valence electrons. The number of rotatable bonds is 4. The predicted octanol–water partition coefficient (Wildman–Crippen LogP) is 2.71. The van der Waals surface area contributed by atoms with Crippen LogP contribution in [0.25, 0.3) is 0 Å². The summed E-state index contributed by atoms with van der Waals surface area (Å²) in [4.78, 5) is 4.41. The van der Waals surface area contributed by atoms with Crippen LogP contribution in [0.15, 0.2) is 12.5 Å². The van der Waals surface area contributed by atoms with E-state index in [9.17, 15) is 0 Å². The Balaban J connectivity index is 1.69. The predicted molar refractivity (Wildman–Crippen MR) is 73.6 cm³/mol. The minimum absolute atomic E-state index is 0.335. The van der Waals surface area contributed by atoms with Crippen LogP contribution in [-0.2, 0) is 12.0 Å². The number of piperidine rings is 1. The molecule has 0 aromatic carbocycles. The second kappa shape index (κ2) is 5.04. The van der Waals surface area contributed by atoms with Gasteiger partial charge < -0.3 is 9.88 Å². The van der Waals surface area contributed by atoms with Gasteiger partial charge in [-0.25, -0.2) is 4.98 Å². The Hall–Kier alpha value is -0.830. The molecule has 0 radical (unpaired) electrons. The zero-order chi connectivity index (χ0) is 12.4. The molecule has 0 atom stereocenters. The second-order valence-corrected chi connectivity index (χ2v) is 6.37. The van der Waals surface area contributed by atoms with Crippen molar-refractivity contribution >= 4 is 0 Å². The Labute approximate surface area is 110 Å². The van der Waals surface area contributed by atoms with Gasteiger partial charge in [-0.1, -0.05) is 26.2 Å². The van der Waals surface area contributed by atoms with Crippen molar-refractivity contribution in [2.45, 2.75) is 57.4 Å². The molecule has 3 rings (SSSR count). The van der Waals surface area contributed by atoms with Gasteiger partial charge in [0.2, 0.25) is 0 Å². The van der Waals surface area contributed by atoms with E-state index in [2.05, 4.69) is 28.0 Å². The lowest BCUT2D eigenvalue weighted by atomic mass is 9.78. The molecule has 1 aromatic rings. The highest BCUT2D eigenvalue weighted by molar-refractivity contribution is 5.15. The first-order valence-corrected chi connectivity index (χ1v) is 7.49. The number of imidazole rings is 1. The molecule has 0 amide bonds. The van der Waals surface area contributed by atoms with Crippen LogP contribution >= 0.6 is 0 Å². The van der Waals surface area contributed by atoms with Crippen LogP contribution in [0.3, 0.4) is 0 Å². The molecular weight excluding hydrogens is 222 g/mol. The average molecular weight is 247 g/mol. The van der Waals surface area contributed by atoms with E-state index in [0.29, 0.717) is 5.41 Å². The summed E-state index contributed by atoms with van der Waals surface area (Å²) in [6.45, 7) is 5.86. The highest BCUT2D eigenvalue weighted by Gasteiger charge is 2.31. The first-order chi connectivity index (χ1) is 8.78. The second-order valence-electron chi connectivity index (χ2n) is 6.37. The Morgan fingerprint density at radius 1 is 1.39 bits per heavy atom. The zero-order valence-corrected chi connectivity index (χ0v) is 11.5. The summed E-state index contributed by atoms with van der Waals surface area (Å²) in [6, 6.07) is 0. The number of aromatic nitrogens is 2. The normalized spacial score (nSPS) is 23.8. The lowest BCUT2D eigenvalue weighted by Gasteiger charge is -2.35. The van der Waals surface area contributed by atoms with Gasteiger partial charge in [0, 0.05) is 23.9 Å². The topological polar surface area (TPSA) is 29.9 Å². The van der Waals surface area contributed by atoms with Crippen LogP contribution < -0.4 is 5.32 Å². The fourth-order valence-corrected chi connectivity index (χ4v) is 3.34. The molecule has 0 bridgehead atoms. The van der Waals surface area contributed by atoms with Gasteiger partial charge in [-0.3, -0.25) is 0 Å². The van der Waals surface area contributed by atoms with Crippen LogP contribution in [-0.4, -0.2) is 22.6 Å². The maximum atomic E-state index is 4.41. The Bertz CT molecular complexity index is 386. The molecule has 18 heavy (non-hydrogen) atoms. The van der Waals surface area contributed by atoms with Crippen molar-refractivity contribution in [3.63, 3.8) is 0 Å². The summed E-state index contributed by atoms with van der Waals surface area (Å²) >= 11 is 0. The Morgan fingerprint density at radius 3 is 2.83 bits per heavy atom. The van der Waals surface area contributed by atoms with Gasteiger partial charge in [0.25, 0.3) is 0 Å². The molecule has 1 saturated heterocycles. The van der Waals surface area contributed by atoms with E-state index in [0.717, 1.165) is 19.0 Å². The summed E-state index contributed by atoms with van der Waals surface area (Å²) in [6.07, 6.45) is 12.3. The van der Waals surface area contributed by atoms with E-state index in [1.54, 1.807) is 0 Å². The summed E-state index contributed by atoms with van der Waals surface area (Å²) in [7, 11) is 0. The Morgan fingerprint density at radius 2 is 2.17 bits per heavy atom. The number of hydrogen-bond donors (Lipinski definition) is 1. The van der Waals surface area contributed by atoms with E-state index in [1.165, 1.54) is 50.8 Å². The van der Waals surface area contributed by atoms with Crippen LogP contribution in [0.4, 0.5) is 0 Å². The number of aryl methyl sites for hydroxylation is 1. The van der Waals surface area contributed by atoms with Crippen molar-refractivity contribution < 1.29 is 0 Å². The van der Waals surface area contributed by atoms with Crippen molar-refractivity contribution in [1.29, 1.82) is 0 Å². The summed E-state index contributed by atoms with van der Waals surface area (Å²) in [5, 5.41) is 3.46. The largest absolute Gasteiger partial charge is 0.334 e. The van der Waals surface area contributed by atoms with Gasteiger partial charge in [-0.2, -0.15) is 0 Å². The van der Waals surface area contributed by atoms with E-state index in [4.69, 9.17) is 0 Å². The first-order valence-electron chi connectivity index (χ1n) is 7.49. The average Bonchev–Trinajstić information content (AvgIpc) is 2.77. The lowest BCUT2D eigenvalue weighted by Crippen LogP contribution is -2.39. The minimum atomic E-state index is 0.335. The molecule has 0 spiro atoms. The third kappa shape index (κ3) is 2.33. The van der Waals surface area contributed by atoms with Crippen LogP contribution in [0, 0.1) is 5.92 Å². The third-order valence-electron chi connectivity index (χ3n) is 5.04. The third-order valence-corrected chi connectivity index (χ3v) is 5.04. The van der Waals surface area contributed by atoms with Gasteiger partial charge in [0.1, 0.15) is 0 Å². The van der Waals surface area contributed by atoms with Crippen LogP contribution in [0.2, 0.25) is 0 Å². The Kier molecular flexibility index (Phi) is 3.42. The maximum absolute atomic E-state index is 4.41. The van der Waals surface area contributed by atoms with Crippen LogP contribution in [0.1, 0.15) is 51.1 Å². The van der Waals surface area contributed by atoms with E-state index in [-0.39, 0.29) is 0 Å². The highest BCUT2D eigenvalue weighted by Crippen LogP contribution is 2.34. The maximum Gasteiger partial charge on any atom is 0.0948 e. The molecular formula is C15H25N3. The monoisotopic (exact) mass is 247 g/mol. The quantitative estimate of drug-likeness (QED) is 0.886. The molecule has 1 saturated carbocycles. The van der Waals surface area contributed by atoms with Crippen molar-refractivity contribution in [3.05, 3.63) is 18.2 Å². The molecule has 2 heterocycles. The van der Waals surface area contributed by atoms with Gasteiger partial charge in [0.05, 0.1) is 6.33 Å². The first kappa shape index (κ1) is 12.2. The fraction of sp³-hybridized carbons (Fsp3) is 0.800. The van der Waals surface area contributed by atoms with Crippen molar-refractivity contribution in [2.24, 2.45) is 5.92 Å². The molecule has 3 nitrogen and oxygen atoms in total. The summed E-state index contributed by atoms with van der Waals surface area (Å²) < 4.78 is 2.42. The van der Waals surface area contributed by atoms with Crippen molar-refractivity contribution in [3.8, 4) is 0 Å². The molecule has 1 N–H and O–H groups in total. The molecule has 2 aliphatic rings. The van der Waals surface area contributed by atoms with E-state index in [1.807, 2.05) is 6.33 Å².